The Morgan fingerprint density at radius 1 is 0.939 bits per heavy atom. The third-order valence-corrected chi connectivity index (χ3v) is 11.1. The van der Waals surface area contributed by atoms with E-state index in [9.17, 15) is 14.3 Å². The van der Waals surface area contributed by atoms with Gasteiger partial charge < -0.3 is 29.9 Å². The van der Waals surface area contributed by atoms with Crippen molar-refractivity contribution in [1.29, 1.82) is 0 Å². The van der Waals surface area contributed by atoms with Crippen LogP contribution in [0, 0.1) is 0 Å². The molecule has 1 aliphatic heterocycles. The lowest BCUT2D eigenvalue weighted by Crippen LogP contribution is -2.16. The summed E-state index contributed by atoms with van der Waals surface area (Å²) >= 11 is 0.809. The molecule has 0 bridgehead atoms. The Balaban J connectivity index is 0.973. The van der Waals surface area contributed by atoms with Gasteiger partial charge >= 0.3 is 12.8 Å². The molecule has 15 heteroatoms. The van der Waals surface area contributed by atoms with Gasteiger partial charge in [-0.25, -0.2) is 24.3 Å². The lowest BCUT2D eigenvalue weighted by molar-refractivity contribution is -0.0166. The molecule has 1 unspecified atom stereocenters. The highest BCUT2D eigenvalue weighted by atomic mass is 32.7. The number of hydrogen-bond acceptors (Lipinski definition) is 12. The summed E-state index contributed by atoms with van der Waals surface area (Å²) in [4.78, 5) is 35.5. The van der Waals surface area contributed by atoms with Gasteiger partial charge in [-0.3, -0.25) is 9.09 Å². The number of esters is 1. The van der Waals surface area contributed by atoms with Crippen LogP contribution in [0.3, 0.4) is 0 Å². The summed E-state index contributed by atoms with van der Waals surface area (Å²) in [7, 11) is 0. The number of nitrogens with zero attached hydrogens (tertiary/aromatic N) is 4. The summed E-state index contributed by atoms with van der Waals surface area (Å²) in [6.07, 6.45) is 12.5. The van der Waals surface area contributed by atoms with E-state index in [0.29, 0.717) is 47.7 Å². The van der Waals surface area contributed by atoms with Crippen molar-refractivity contribution in [2.75, 3.05) is 25.6 Å². The van der Waals surface area contributed by atoms with Crippen LogP contribution >= 0.6 is 18.2 Å². The average Bonchev–Trinajstić information content (AvgIpc) is 3.76. The second-order valence-corrected chi connectivity index (χ2v) is 15.8. The van der Waals surface area contributed by atoms with Crippen molar-refractivity contribution in [3.05, 3.63) is 72.3 Å². The van der Waals surface area contributed by atoms with E-state index in [-0.39, 0.29) is 37.1 Å². The topological polar surface area (TPSA) is 181 Å². The van der Waals surface area contributed by atoms with Gasteiger partial charge in [0.15, 0.2) is 11.5 Å². The average molecular weight is 714 g/mol. The normalized spacial score (nSPS) is 17.3. The van der Waals surface area contributed by atoms with Gasteiger partial charge in [0, 0.05) is 12.4 Å². The van der Waals surface area contributed by atoms with Crippen LogP contribution in [-0.4, -0.2) is 61.4 Å². The number of aliphatic hydroxyl groups is 1. The third kappa shape index (κ3) is 11.2. The first-order valence-electron chi connectivity index (χ1n) is 16.7. The molecule has 0 radical (unpaired) electrons. The predicted octanol–water partition coefficient (Wildman–Crippen LogP) is 6.85. The van der Waals surface area contributed by atoms with E-state index in [2.05, 4.69) is 15.0 Å². The van der Waals surface area contributed by atoms with Crippen molar-refractivity contribution < 1.29 is 38.1 Å². The Morgan fingerprint density at radius 3 is 2.37 bits per heavy atom. The van der Waals surface area contributed by atoms with Crippen molar-refractivity contribution in [3.63, 3.8) is 0 Å². The summed E-state index contributed by atoms with van der Waals surface area (Å²) in [6, 6.07) is 13.6. The SMILES string of the molecule is Nc1ncnc2c1ncn2[C@H]1CC[C@@H](COP(=O)(O)SCc2ccc(OC(=O)c3ccc(OCCCCCCCCCCO)cc3)cc2)O1. The molecule has 13 nitrogen and oxygen atoms in total. The summed E-state index contributed by atoms with van der Waals surface area (Å²) in [5, 5.41) is 8.82. The number of aromatic nitrogens is 4. The van der Waals surface area contributed by atoms with Gasteiger partial charge in [0.1, 0.15) is 29.6 Å². The van der Waals surface area contributed by atoms with E-state index in [0.717, 1.165) is 42.6 Å². The van der Waals surface area contributed by atoms with Crippen LogP contribution in [0.5, 0.6) is 11.5 Å². The third-order valence-electron chi connectivity index (χ3n) is 8.15. The molecule has 5 rings (SSSR count). The fourth-order valence-corrected chi connectivity index (χ4v) is 7.71. The van der Waals surface area contributed by atoms with Crippen LogP contribution in [0.2, 0.25) is 0 Å². The lowest BCUT2D eigenvalue weighted by atomic mass is 10.1. The Labute approximate surface area is 289 Å². The number of anilines is 1. The zero-order valence-corrected chi connectivity index (χ0v) is 29.1. The number of unbranched alkanes of at least 4 members (excludes halogenated alkanes) is 7. The molecule has 1 fully saturated rings. The summed E-state index contributed by atoms with van der Waals surface area (Å²) in [6.45, 7) is -3.07. The molecule has 1 aliphatic rings. The van der Waals surface area contributed by atoms with Gasteiger partial charge in [0.25, 0.3) is 0 Å². The molecule has 0 aliphatic carbocycles. The van der Waals surface area contributed by atoms with Gasteiger partial charge in [-0.2, -0.15) is 0 Å². The quantitative estimate of drug-likeness (QED) is 0.0375. The van der Waals surface area contributed by atoms with Crippen LogP contribution in [-0.2, 0) is 19.6 Å². The fourth-order valence-electron chi connectivity index (χ4n) is 5.44. The summed E-state index contributed by atoms with van der Waals surface area (Å²) in [5.41, 5.74) is 8.11. The minimum atomic E-state index is -3.96. The molecule has 0 amide bonds. The second-order valence-electron chi connectivity index (χ2n) is 11.9. The van der Waals surface area contributed by atoms with Crippen LogP contribution in [0.4, 0.5) is 5.82 Å². The van der Waals surface area contributed by atoms with Crippen molar-refractivity contribution in [3.8, 4) is 11.5 Å². The number of hydrogen-bond donors (Lipinski definition) is 3. The van der Waals surface area contributed by atoms with Gasteiger partial charge in [-0.05, 0) is 79.0 Å². The number of rotatable bonds is 20. The standard InChI is InChI=1S/C34H44N5O8PS/c35-32-31-33(37-23-36-32)39(24-38-31)30-18-17-29(46-30)21-45-48(42,43)49-22-25-9-13-28(14-10-25)47-34(41)26-11-15-27(16-12-26)44-20-8-6-4-2-1-3-5-7-19-40/h9-16,23-24,29-30,40H,1-8,17-22H2,(H,42,43)(H2,35,36,37)/t29-,30+/m0/s1. The maximum atomic E-state index is 12.7. The fraction of sp³-hybridized carbons (Fsp3) is 0.471. The van der Waals surface area contributed by atoms with E-state index < -0.39 is 12.8 Å². The van der Waals surface area contributed by atoms with Crippen molar-refractivity contribution in [1.82, 2.24) is 19.5 Å². The van der Waals surface area contributed by atoms with Crippen molar-refractivity contribution in [2.24, 2.45) is 0 Å². The molecule has 2 aromatic carbocycles. The van der Waals surface area contributed by atoms with Gasteiger partial charge in [-0.1, -0.05) is 50.7 Å². The molecule has 264 valence electrons. The summed E-state index contributed by atoms with van der Waals surface area (Å²) < 4.78 is 37.2. The van der Waals surface area contributed by atoms with E-state index in [1.807, 2.05) is 0 Å². The number of nitrogens with two attached hydrogens (primary N) is 1. The first-order chi connectivity index (χ1) is 23.8. The summed E-state index contributed by atoms with van der Waals surface area (Å²) in [5.74, 6) is 1.10. The van der Waals surface area contributed by atoms with Crippen molar-refractivity contribution >= 4 is 41.1 Å². The number of ether oxygens (including phenoxy) is 3. The number of carbonyl (C=O) groups is 1. The van der Waals surface area contributed by atoms with Crippen LogP contribution in [0.15, 0.2) is 61.2 Å². The van der Waals surface area contributed by atoms with Crippen LogP contribution in [0.25, 0.3) is 11.2 Å². The maximum Gasteiger partial charge on any atom is 0.386 e. The molecular weight excluding hydrogens is 669 g/mol. The number of nitrogen functional groups attached to an aromatic ring is 1. The molecule has 49 heavy (non-hydrogen) atoms. The second kappa shape index (κ2) is 18.5. The molecule has 2 aromatic heterocycles. The van der Waals surface area contributed by atoms with Crippen LogP contribution in [0.1, 0.15) is 86.4 Å². The molecule has 3 atom stereocenters. The first-order valence-corrected chi connectivity index (χ1v) is 19.8. The number of aliphatic hydroxyl groups excluding tert-OH is 1. The molecule has 4 aromatic rings. The van der Waals surface area contributed by atoms with Crippen molar-refractivity contribution in [2.45, 2.75) is 82.3 Å². The zero-order valence-electron chi connectivity index (χ0n) is 27.4. The van der Waals surface area contributed by atoms with E-state index >= 15 is 0 Å². The van der Waals surface area contributed by atoms with E-state index in [1.165, 1.54) is 32.0 Å². The highest BCUT2D eigenvalue weighted by Gasteiger charge is 2.31. The van der Waals surface area contributed by atoms with Gasteiger partial charge in [0.2, 0.25) is 0 Å². The maximum absolute atomic E-state index is 12.7. The van der Waals surface area contributed by atoms with Gasteiger partial charge in [0.05, 0.1) is 31.2 Å². The Hall–Kier alpha value is -3.52. The lowest BCUT2D eigenvalue weighted by Gasteiger charge is -2.17. The molecular formula is C34H44N5O8PS. The van der Waals surface area contributed by atoms with E-state index in [1.54, 1.807) is 59.4 Å². The first kappa shape index (κ1) is 36.8. The van der Waals surface area contributed by atoms with E-state index in [4.69, 9.17) is 29.6 Å². The molecule has 3 heterocycles. The highest BCUT2D eigenvalue weighted by Crippen LogP contribution is 2.57. The molecule has 4 N–H and O–H groups in total. The minimum absolute atomic E-state index is 0.0310. The number of benzene rings is 2. The number of carbonyl (C=O) groups excluding carboxylic acids is 1. The number of fused-ring (bicyclic) bond motifs is 1. The Morgan fingerprint density at radius 2 is 1.63 bits per heavy atom. The largest absolute Gasteiger partial charge is 0.494 e. The van der Waals surface area contributed by atoms with Crippen LogP contribution < -0.4 is 15.2 Å². The monoisotopic (exact) mass is 713 g/mol. The molecule has 0 saturated carbocycles. The Kier molecular flexibility index (Phi) is 13.9. The smallest absolute Gasteiger partial charge is 0.386 e. The number of imidazole rings is 1. The highest BCUT2D eigenvalue weighted by molar-refractivity contribution is 8.54. The zero-order chi connectivity index (χ0) is 34.5. The molecule has 0 spiro atoms. The van der Waals surface area contributed by atoms with Gasteiger partial charge in [-0.15, -0.1) is 0 Å². The predicted molar refractivity (Wildman–Crippen MR) is 187 cm³/mol. The Bertz CT molecular complexity index is 1670. The molecule has 1 saturated heterocycles. The minimum Gasteiger partial charge on any atom is -0.494 e.